The van der Waals surface area contributed by atoms with Crippen molar-refractivity contribution in [2.75, 3.05) is 6.54 Å². The normalized spacial score (nSPS) is 23.5. The van der Waals surface area contributed by atoms with Gasteiger partial charge in [-0.1, -0.05) is 57.9 Å². The molecule has 0 aromatic heterocycles. The number of unbranched alkanes of at least 4 members (excludes halogenated alkanes) is 2. The number of rotatable bonds is 10. The molecular formula is C24H38NO2+. The number of aryl methyl sites for hydroxylation is 2. The molecule has 0 N–H and O–H groups in total. The molecule has 2 unspecified atom stereocenters. The standard InChI is InChI=1S/C24H38NO2/c1-5-21-13-15-22(16-14-21)11-7-6-8-12-23(19(2)3)24(27)25(18-26)17-9-10-20(25)4/h13-16,18-20,23H,5-12,17H2,1-4H3/q+1/t20-,23?,25?/m1/s1. The van der Waals surface area contributed by atoms with Gasteiger partial charge in [0.25, 0.3) is 0 Å². The fourth-order valence-corrected chi connectivity index (χ4v) is 4.50. The molecule has 1 aromatic carbocycles. The van der Waals surface area contributed by atoms with Crippen molar-refractivity contribution in [3.8, 4) is 0 Å². The highest BCUT2D eigenvalue weighted by molar-refractivity contribution is 5.78. The molecule has 1 aromatic rings. The molecule has 0 spiro atoms. The van der Waals surface area contributed by atoms with Crippen LogP contribution in [0, 0.1) is 11.8 Å². The summed E-state index contributed by atoms with van der Waals surface area (Å²) in [5, 5.41) is 0. The Morgan fingerprint density at radius 1 is 1.15 bits per heavy atom. The van der Waals surface area contributed by atoms with Crippen molar-refractivity contribution in [2.24, 2.45) is 11.8 Å². The molecule has 1 heterocycles. The molecule has 1 aliphatic rings. The average Bonchev–Trinajstić information content (AvgIpc) is 3.06. The highest BCUT2D eigenvalue weighted by atomic mass is 16.2. The summed E-state index contributed by atoms with van der Waals surface area (Å²) >= 11 is 0. The third-order valence-electron chi connectivity index (χ3n) is 6.57. The first-order valence-electron chi connectivity index (χ1n) is 10.9. The summed E-state index contributed by atoms with van der Waals surface area (Å²) in [7, 11) is 0. The Morgan fingerprint density at radius 2 is 1.81 bits per heavy atom. The van der Waals surface area contributed by atoms with Crippen LogP contribution in [0.5, 0.6) is 0 Å². The van der Waals surface area contributed by atoms with Crippen LogP contribution < -0.4 is 0 Å². The first-order valence-corrected chi connectivity index (χ1v) is 10.9. The number of quaternary nitrogens is 1. The van der Waals surface area contributed by atoms with Crippen LogP contribution in [0.25, 0.3) is 0 Å². The van der Waals surface area contributed by atoms with Gasteiger partial charge < -0.3 is 0 Å². The second kappa shape index (κ2) is 10.2. The van der Waals surface area contributed by atoms with Crippen LogP contribution in [-0.4, -0.2) is 29.4 Å². The number of imide groups is 1. The van der Waals surface area contributed by atoms with Crippen molar-refractivity contribution < 1.29 is 14.1 Å². The average molecular weight is 373 g/mol. The lowest BCUT2D eigenvalue weighted by atomic mass is 9.87. The largest absolute Gasteiger partial charge is 0.324 e. The second-order valence-electron chi connectivity index (χ2n) is 8.71. The maximum absolute atomic E-state index is 13.2. The summed E-state index contributed by atoms with van der Waals surface area (Å²) in [6.07, 6.45) is 9.35. The molecule has 0 bridgehead atoms. The number of likely N-dealkylation sites (tertiary alicyclic amines) is 1. The van der Waals surface area contributed by atoms with Crippen molar-refractivity contribution in [1.82, 2.24) is 0 Å². The molecule has 1 fully saturated rings. The summed E-state index contributed by atoms with van der Waals surface area (Å²) in [4.78, 5) is 25.1. The molecule has 2 amide bonds. The van der Waals surface area contributed by atoms with Gasteiger partial charge in [-0.25, -0.2) is 9.59 Å². The van der Waals surface area contributed by atoms with E-state index in [1.54, 1.807) is 0 Å². The summed E-state index contributed by atoms with van der Waals surface area (Å²) in [5.74, 6) is 0.460. The van der Waals surface area contributed by atoms with Crippen LogP contribution in [0.4, 0.5) is 0 Å². The van der Waals surface area contributed by atoms with Crippen LogP contribution in [-0.2, 0) is 22.4 Å². The number of carbonyl (C=O) groups is 2. The Hall–Kier alpha value is -1.48. The van der Waals surface area contributed by atoms with Crippen molar-refractivity contribution in [3.05, 3.63) is 35.4 Å². The first-order chi connectivity index (χ1) is 12.9. The Labute approximate surface area is 165 Å². The number of nitrogens with zero attached hydrogens (tertiary/aromatic N) is 1. The predicted octanol–water partition coefficient (Wildman–Crippen LogP) is 5.31. The monoisotopic (exact) mass is 372 g/mol. The maximum Gasteiger partial charge on any atom is 0.324 e. The van der Waals surface area contributed by atoms with Crippen molar-refractivity contribution in [1.29, 1.82) is 0 Å². The van der Waals surface area contributed by atoms with Crippen LogP contribution in [0.3, 0.4) is 0 Å². The molecule has 0 radical (unpaired) electrons. The Morgan fingerprint density at radius 3 is 2.33 bits per heavy atom. The van der Waals surface area contributed by atoms with Crippen LogP contribution in [0.15, 0.2) is 24.3 Å². The van der Waals surface area contributed by atoms with Crippen LogP contribution in [0.1, 0.15) is 77.3 Å². The fraction of sp³-hybridized carbons (Fsp3) is 0.667. The highest BCUT2D eigenvalue weighted by Crippen LogP contribution is 2.32. The number of benzene rings is 1. The SMILES string of the molecule is CCc1ccc(CCCCCC(C(=O)[N+]2(C=O)CCC[C@H]2C)C(C)C)cc1. The Bertz CT molecular complexity index is 607. The van der Waals surface area contributed by atoms with Crippen LogP contribution in [0.2, 0.25) is 0 Å². The van der Waals surface area contributed by atoms with E-state index in [2.05, 4.69) is 52.0 Å². The predicted molar refractivity (Wildman–Crippen MR) is 111 cm³/mol. The molecular weight excluding hydrogens is 334 g/mol. The third kappa shape index (κ3) is 5.28. The molecule has 3 nitrogen and oxygen atoms in total. The quantitative estimate of drug-likeness (QED) is 0.317. The van der Waals surface area contributed by atoms with Gasteiger partial charge in [0.15, 0.2) is 0 Å². The van der Waals surface area contributed by atoms with E-state index in [0.29, 0.717) is 12.5 Å². The van der Waals surface area contributed by atoms with Gasteiger partial charge in [0.1, 0.15) is 6.04 Å². The molecule has 0 saturated carbocycles. The van der Waals surface area contributed by atoms with Crippen LogP contribution >= 0.6 is 0 Å². The topological polar surface area (TPSA) is 34.1 Å². The summed E-state index contributed by atoms with van der Waals surface area (Å²) in [6, 6.07) is 9.07. The van der Waals surface area contributed by atoms with Crippen molar-refractivity contribution in [2.45, 2.75) is 85.1 Å². The number of carbonyl (C=O) groups excluding carboxylic acids is 2. The molecule has 150 valence electrons. The molecule has 27 heavy (non-hydrogen) atoms. The molecule has 1 saturated heterocycles. The minimum absolute atomic E-state index is 0.000382. The zero-order valence-corrected chi connectivity index (χ0v) is 17.7. The van der Waals surface area contributed by atoms with Gasteiger partial charge in [-0.2, -0.15) is 4.48 Å². The van der Waals surface area contributed by atoms with Crippen molar-refractivity contribution in [3.63, 3.8) is 0 Å². The molecule has 0 aliphatic carbocycles. The van der Waals surface area contributed by atoms with E-state index in [1.807, 2.05) is 0 Å². The van der Waals surface area contributed by atoms with E-state index in [1.165, 1.54) is 11.1 Å². The maximum atomic E-state index is 13.2. The number of hydrogen-bond donors (Lipinski definition) is 0. The first kappa shape index (κ1) is 21.8. The molecule has 3 atom stereocenters. The van der Waals surface area contributed by atoms with Gasteiger partial charge in [0.05, 0.1) is 12.5 Å². The van der Waals surface area contributed by atoms with Crippen molar-refractivity contribution >= 4 is 12.3 Å². The fourth-order valence-electron chi connectivity index (χ4n) is 4.50. The van der Waals surface area contributed by atoms with Gasteiger partial charge in [0.2, 0.25) is 0 Å². The van der Waals surface area contributed by atoms with Gasteiger partial charge in [-0.3, -0.25) is 0 Å². The molecule has 3 heteroatoms. The van der Waals surface area contributed by atoms with Gasteiger partial charge >= 0.3 is 12.3 Å². The van der Waals surface area contributed by atoms with E-state index in [-0.39, 0.29) is 22.3 Å². The molecule has 2 rings (SSSR count). The van der Waals surface area contributed by atoms with Gasteiger partial charge in [0, 0.05) is 12.8 Å². The third-order valence-corrected chi connectivity index (χ3v) is 6.57. The minimum atomic E-state index is -0.000382. The van der Waals surface area contributed by atoms with E-state index in [0.717, 1.165) is 57.8 Å². The highest BCUT2D eigenvalue weighted by Gasteiger charge is 2.49. The van der Waals surface area contributed by atoms with Gasteiger partial charge in [-0.05, 0) is 49.7 Å². The van der Waals surface area contributed by atoms with E-state index in [4.69, 9.17) is 0 Å². The smallest absolute Gasteiger partial charge is 0.233 e. The minimum Gasteiger partial charge on any atom is -0.233 e. The van der Waals surface area contributed by atoms with E-state index < -0.39 is 0 Å². The lowest BCUT2D eigenvalue weighted by Gasteiger charge is -2.33. The zero-order valence-electron chi connectivity index (χ0n) is 17.7. The zero-order chi connectivity index (χ0) is 19.9. The van der Waals surface area contributed by atoms with Gasteiger partial charge in [-0.15, -0.1) is 0 Å². The summed E-state index contributed by atoms with van der Waals surface area (Å²) in [6.45, 7) is 9.18. The number of amides is 2. The lowest BCUT2D eigenvalue weighted by molar-refractivity contribution is -0.782. The van der Waals surface area contributed by atoms with E-state index in [9.17, 15) is 9.59 Å². The number of hydrogen-bond acceptors (Lipinski definition) is 2. The summed E-state index contributed by atoms with van der Waals surface area (Å²) in [5.41, 5.74) is 2.79. The van der Waals surface area contributed by atoms with E-state index >= 15 is 0 Å². The summed E-state index contributed by atoms with van der Waals surface area (Å²) < 4.78 is 0.0621. The Balaban J connectivity index is 1.83. The Kier molecular flexibility index (Phi) is 8.22. The lowest BCUT2D eigenvalue weighted by Crippen LogP contribution is -2.57. The molecule has 1 aliphatic heterocycles. The second-order valence-corrected chi connectivity index (χ2v) is 8.71.